The zero-order valence-corrected chi connectivity index (χ0v) is 29.9. The zero-order chi connectivity index (χ0) is 31.8. The van der Waals surface area contributed by atoms with Crippen LogP contribution in [-0.2, 0) is 0 Å². The van der Waals surface area contributed by atoms with Gasteiger partial charge in [-0.05, 0) is 92.1 Å². The van der Waals surface area contributed by atoms with Crippen LogP contribution < -0.4 is 4.74 Å². The molecule has 0 fully saturated rings. The molecule has 3 aromatic carbocycles. The summed E-state index contributed by atoms with van der Waals surface area (Å²) in [6.07, 6.45) is 23.6. The largest absolute Gasteiger partial charge is 0.492 e. The van der Waals surface area contributed by atoms with E-state index in [0.29, 0.717) is 6.61 Å². The maximum Gasteiger partial charge on any atom is 0.119 e. The summed E-state index contributed by atoms with van der Waals surface area (Å²) in [5.74, 6) is 0.933. The summed E-state index contributed by atoms with van der Waals surface area (Å²) in [5, 5.41) is 0. The van der Waals surface area contributed by atoms with Gasteiger partial charge in [-0.25, -0.2) is 0 Å². The van der Waals surface area contributed by atoms with E-state index in [0.717, 1.165) is 18.7 Å². The molecule has 0 aliphatic carbocycles. The average Bonchev–Trinajstić information content (AvgIpc) is 3.07. The third kappa shape index (κ3) is 15.6. The molecule has 0 saturated heterocycles. The fourth-order valence-electron chi connectivity index (χ4n) is 6.00. The number of allylic oxidation sites excluding steroid dienone is 1. The molecule has 0 aliphatic heterocycles. The second-order valence-electron chi connectivity index (χ2n) is 12.9. The van der Waals surface area contributed by atoms with Gasteiger partial charge < -0.3 is 9.64 Å². The van der Waals surface area contributed by atoms with Crippen LogP contribution in [-0.4, -0.2) is 44.5 Å². The van der Waals surface area contributed by atoms with Crippen LogP contribution in [0.3, 0.4) is 0 Å². The van der Waals surface area contributed by atoms with E-state index in [9.17, 15) is 0 Å². The lowest BCUT2D eigenvalue weighted by molar-refractivity contribution is 0.261. The van der Waals surface area contributed by atoms with E-state index >= 15 is 0 Å². The van der Waals surface area contributed by atoms with Crippen molar-refractivity contribution in [2.45, 2.75) is 103 Å². The van der Waals surface area contributed by atoms with Gasteiger partial charge in [-0.2, -0.15) is 0 Å². The molecule has 0 spiro atoms. The normalized spacial score (nSPS) is 12.3. The molecule has 0 aromatic heterocycles. The molecule has 45 heavy (non-hydrogen) atoms. The SMILES string of the molecule is CCCCCCCCPCCCCCCCCCC/C(=C(\c1ccccc1)c1ccc(OCCN(C)C)cc1)c1ccccc1. The zero-order valence-electron chi connectivity index (χ0n) is 28.9. The van der Waals surface area contributed by atoms with Crippen LogP contribution in [0, 0.1) is 0 Å². The Morgan fingerprint density at radius 1 is 0.556 bits per heavy atom. The van der Waals surface area contributed by atoms with Gasteiger partial charge in [0, 0.05) is 6.54 Å². The molecule has 0 bridgehead atoms. The number of rotatable bonds is 25. The summed E-state index contributed by atoms with van der Waals surface area (Å²) in [6.45, 7) is 3.91. The van der Waals surface area contributed by atoms with Gasteiger partial charge >= 0.3 is 0 Å². The molecule has 1 atom stereocenters. The molecule has 0 N–H and O–H groups in total. The quantitative estimate of drug-likeness (QED) is 0.0526. The number of ether oxygens (including phenoxy) is 1. The summed E-state index contributed by atoms with van der Waals surface area (Å²) in [4.78, 5) is 2.15. The van der Waals surface area contributed by atoms with Gasteiger partial charge in [0.25, 0.3) is 0 Å². The summed E-state index contributed by atoms with van der Waals surface area (Å²) < 4.78 is 6.01. The predicted molar refractivity (Wildman–Crippen MR) is 202 cm³/mol. The number of unbranched alkanes of at least 4 members (excludes halogenated alkanes) is 12. The van der Waals surface area contributed by atoms with Gasteiger partial charge in [-0.1, -0.05) is 150 Å². The first-order chi connectivity index (χ1) is 22.2. The van der Waals surface area contributed by atoms with Crippen LogP contribution in [0.25, 0.3) is 11.1 Å². The van der Waals surface area contributed by atoms with Crippen LogP contribution in [0.1, 0.15) is 120 Å². The third-order valence-electron chi connectivity index (χ3n) is 8.67. The summed E-state index contributed by atoms with van der Waals surface area (Å²) >= 11 is 0. The van der Waals surface area contributed by atoms with Crippen molar-refractivity contribution in [3.8, 4) is 5.75 Å². The Morgan fingerprint density at radius 3 is 1.60 bits per heavy atom. The molecule has 0 radical (unpaired) electrons. The smallest absolute Gasteiger partial charge is 0.119 e. The Hall–Kier alpha value is -2.41. The van der Waals surface area contributed by atoms with E-state index in [1.54, 1.807) is 0 Å². The van der Waals surface area contributed by atoms with Crippen LogP contribution >= 0.6 is 8.58 Å². The minimum atomic E-state index is 0.697. The van der Waals surface area contributed by atoms with E-state index in [2.05, 4.69) is 111 Å². The minimum absolute atomic E-state index is 0.697. The third-order valence-corrected chi connectivity index (χ3v) is 10.1. The number of hydrogen-bond acceptors (Lipinski definition) is 2. The lowest BCUT2D eigenvalue weighted by Crippen LogP contribution is -2.19. The van der Waals surface area contributed by atoms with Crippen molar-refractivity contribution in [1.29, 1.82) is 0 Å². The highest BCUT2D eigenvalue weighted by Gasteiger charge is 2.14. The summed E-state index contributed by atoms with van der Waals surface area (Å²) in [6, 6.07) is 30.7. The lowest BCUT2D eigenvalue weighted by Gasteiger charge is -2.18. The van der Waals surface area contributed by atoms with Crippen molar-refractivity contribution in [3.63, 3.8) is 0 Å². The second kappa shape index (κ2) is 23.9. The van der Waals surface area contributed by atoms with E-state index in [-0.39, 0.29) is 0 Å². The molecule has 0 aliphatic rings. The maximum atomic E-state index is 6.01. The Bertz CT molecular complexity index is 1160. The van der Waals surface area contributed by atoms with Crippen molar-refractivity contribution >= 4 is 19.7 Å². The van der Waals surface area contributed by atoms with E-state index in [4.69, 9.17) is 4.74 Å². The molecule has 0 amide bonds. The molecule has 0 heterocycles. The van der Waals surface area contributed by atoms with E-state index in [1.807, 2.05) is 0 Å². The first-order valence-electron chi connectivity index (χ1n) is 18.1. The van der Waals surface area contributed by atoms with Crippen molar-refractivity contribution in [3.05, 3.63) is 102 Å². The molecular weight excluding hydrogens is 565 g/mol. The number of hydrogen-bond donors (Lipinski definition) is 0. The first-order valence-corrected chi connectivity index (χ1v) is 19.5. The molecular formula is C42H62NOP. The van der Waals surface area contributed by atoms with Gasteiger partial charge in [-0.15, -0.1) is 8.58 Å². The van der Waals surface area contributed by atoms with Crippen LogP contribution in [0.5, 0.6) is 5.75 Å². The van der Waals surface area contributed by atoms with Crippen LogP contribution in [0.15, 0.2) is 84.9 Å². The highest BCUT2D eigenvalue weighted by molar-refractivity contribution is 7.37. The lowest BCUT2D eigenvalue weighted by atomic mass is 9.86. The standard InChI is InChI=1S/C42H62NOP/c1-4-5-6-7-13-22-35-45-36-23-14-11-9-8-10-12-21-28-41(37-24-17-15-18-25-37)42(38-26-19-16-20-27-38)39-29-31-40(32-30-39)44-34-33-43(2)3/h15-20,24-27,29-32,45H,4-14,21-23,28,33-36H2,1-3H3/b42-41-. The Balaban J connectivity index is 1.49. The molecule has 0 saturated carbocycles. The Labute approximate surface area is 278 Å². The van der Waals surface area contributed by atoms with Crippen molar-refractivity contribution in [1.82, 2.24) is 4.90 Å². The number of nitrogens with zero attached hydrogens (tertiary/aromatic N) is 1. The van der Waals surface area contributed by atoms with Gasteiger partial charge in [0.15, 0.2) is 0 Å². The van der Waals surface area contributed by atoms with Gasteiger partial charge in [0.2, 0.25) is 0 Å². The van der Waals surface area contributed by atoms with Crippen LogP contribution in [0.4, 0.5) is 0 Å². The molecule has 246 valence electrons. The maximum absolute atomic E-state index is 6.01. The first kappa shape index (κ1) is 37.1. The topological polar surface area (TPSA) is 12.5 Å². The summed E-state index contributed by atoms with van der Waals surface area (Å²) in [5.41, 5.74) is 6.67. The van der Waals surface area contributed by atoms with Gasteiger partial charge in [-0.3, -0.25) is 0 Å². The number of benzene rings is 3. The average molecular weight is 628 g/mol. The molecule has 3 rings (SSSR count). The monoisotopic (exact) mass is 627 g/mol. The minimum Gasteiger partial charge on any atom is -0.492 e. The van der Waals surface area contributed by atoms with E-state index in [1.165, 1.54) is 139 Å². The van der Waals surface area contributed by atoms with Crippen molar-refractivity contribution in [2.75, 3.05) is 39.6 Å². The predicted octanol–water partition coefficient (Wildman–Crippen LogP) is 12.1. The molecule has 1 unspecified atom stereocenters. The molecule has 3 heteroatoms. The Morgan fingerprint density at radius 2 is 1.04 bits per heavy atom. The fourth-order valence-corrected chi connectivity index (χ4v) is 7.25. The Kier molecular flexibility index (Phi) is 19.6. The van der Waals surface area contributed by atoms with Gasteiger partial charge in [0.05, 0.1) is 0 Å². The van der Waals surface area contributed by atoms with Crippen molar-refractivity contribution in [2.24, 2.45) is 0 Å². The van der Waals surface area contributed by atoms with E-state index < -0.39 is 0 Å². The molecule has 2 nitrogen and oxygen atoms in total. The van der Waals surface area contributed by atoms with Crippen LogP contribution in [0.2, 0.25) is 0 Å². The number of likely N-dealkylation sites (N-methyl/N-ethyl adjacent to an activating group) is 1. The summed E-state index contributed by atoms with van der Waals surface area (Å²) in [7, 11) is 5.36. The van der Waals surface area contributed by atoms with Crippen molar-refractivity contribution < 1.29 is 4.74 Å². The highest BCUT2D eigenvalue weighted by atomic mass is 31.1. The highest BCUT2D eigenvalue weighted by Crippen LogP contribution is 2.36. The second-order valence-corrected chi connectivity index (χ2v) is 14.4. The fraction of sp³-hybridized carbons (Fsp3) is 0.524. The van der Waals surface area contributed by atoms with Gasteiger partial charge in [0.1, 0.15) is 12.4 Å². The molecule has 3 aromatic rings.